The van der Waals surface area contributed by atoms with Gasteiger partial charge in [-0.05, 0) is 19.1 Å². The van der Waals surface area contributed by atoms with Crippen LogP contribution in [0.3, 0.4) is 0 Å². The summed E-state index contributed by atoms with van der Waals surface area (Å²) in [7, 11) is 0. The molecule has 5 nitrogen and oxygen atoms in total. The first-order chi connectivity index (χ1) is 8.81. The van der Waals surface area contributed by atoms with Crippen LogP contribution in [0.1, 0.15) is 25.1 Å². The molecule has 0 spiro atoms. The van der Waals surface area contributed by atoms with Crippen LogP contribution in [0.4, 0.5) is 13.2 Å². The summed E-state index contributed by atoms with van der Waals surface area (Å²) < 4.78 is 43.9. The van der Waals surface area contributed by atoms with Crippen LogP contribution < -0.4 is 4.74 Å². The molecular weight excluding hydrogens is 267 g/mol. The Labute approximate surface area is 107 Å². The number of nitrogens with zero attached hydrogens (tertiary/aromatic N) is 1. The maximum absolute atomic E-state index is 11.9. The number of aromatic nitrogens is 1. The first-order valence-corrected chi connectivity index (χ1v) is 5.37. The van der Waals surface area contributed by atoms with Crippen LogP contribution in [0.15, 0.2) is 18.3 Å². The Balaban J connectivity index is 2.63. The lowest BCUT2D eigenvalue weighted by Gasteiger charge is -2.11. The number of halogens is 3. The largest absolute Gasteiger partial charge is 0.573 e. The highest BCUT2D eigenvalue weighted by molar-refractivity contribution is 5.70. The Morgan fingerprint density at radius 3 is 2.63 bits per heavy atom. The standard InChI is InChI=1S/C11H12F3NO4/c1-2-18-10(17)5-9(16)8-4-3-7(6-15-8)19-11(12,13)14/h3-4,6,9,16H,2,5H2,1H3. The molecule has 1 unspecified atom stereocenters. The molecule has 8 heteroatoms. The number of carbonyl (C=O) groups is 1. The molecular formula is C11H12F3NO4. The number of ether oxygens (including phenoxy) is 2. The van der Waals surface area contributed by atoms with Crippen LogP contribution in [0.25, 0.3) is 0 Å². The number of carbonyl (C=O) groups excluding carboxylic acids is 1. The molecule has 0 saturated carbocycles. The number of alkyl halides is 3. The maximum atomic E-state index is 11.9. The topological polar surface area (TPSA) is 68.7 Å². The quantitative estimate of drug-likeness (QED) is 0.834. The molecule has 0 saturated heterocycles. The van der Waals surface area contributed by atoms with Gasteiger partial charge in [-0.1, -0.05) is 0 Å². The monoisotopic (exact) mass is 279 g/mol. The molecule has 0 radical (unpaired) electrons. The number of hydrogen-bond acceptors (Lipinski definition) is 5. The maximum Gasteiger partial charge on any atom is 0.573 e. The van der Waals surface area contributed by atoms with Crippen molar-refractivity contribution >= 4 is 5.97 Å². The summed E-state index contributed by atoms with van der Waals surface area (Å²) >= 11 is 0. The highest BCUT2D eigenvalue weighted by atomic mass is 19.4. The number of pyridine rings is 1. The van der Waals surface area contributed by atoms with Gasteiger partial charge in [-0.15, -0.1) is 13.2 Å². The fourth-order valence-corrected chi connectivity index (χ4v) is 1.27. The normalized spacial score (nSPS) is 12.9. The first kappa shape index (κ1) is 15.2. The zero-order valence-electron chi connectivity index (χ0n) is 9.98. The van der Waals surface area contributed by atoms with E-state index < -0.39 is 24.2 Å². The van der Waals surface area contributed by atoms with E-state index in [2.05, 4.69) is 14.5 Å². The minimum Gasteiger partial charge on any atom is -0.466 e. The number of rotatable bonds is 5. The minimum absolute atomic E-state index is 0.0579. The van der Waals surface area contributed by atoms with Crippen molar-refractivity contribution in [1.82, 2.24) is 4.98 Å². The van der Waals surface area contributed by atoms with E-state index in [1.807, 2.05) is 0 Å². The van der Waals surface area contributed by atoms with Gasteiger partial charge in [0.1, 0.15) is 11.9 Å². The molecule has 0 fully saturated rings. The number of esters is 1. The summed E-state index contributed by atoms with van der Waals surface area (Å²) in [5.41, 5.74) is 0.0579. The average Bonchev–Trinajstić information content (AvgIpc) is 2.27. The number of hydrogen-bond donors (Lipinski definition) is 1. The Kier molecular flexibility index (Phi) is 5.11. The molecule has 0 aliphatic carbocycles. The van der Waals surface area contributed by atoms with Gasteiger partial charge in [0.15, 0.2) is 0 Å². The van der Waals surface area contributed by atoms with Gasteiger partial charge < -0.3 is 14.6 Å². The third kappa shape index (κ3) is 5.56. The van der Waals surface area contributed by atoms with Crippen molar-refractivity contribution in [2.24, 2.45) is 0 Å². The van der Waals surface area contributed by atoms with E-state index in [1.54, 1.807) is 6.92 Å². The Hall–Kier alpha value is -1.83. The fraction of sp³-hybridized carbons (Fsp3) is 0.455. The van der Waals surface area contributed by atoms with E-state index in [1.165, 1.54) is 0 Å². The number of aliphatic hydroxyl groups is 1. The molecule has 0 amide bonds. The number of aliphatic hydroxyl groups excluding tert-OH is 1. The zero-order chi connectivity index (χ0) is 14.5. The van der Waals surface area contributed by atoms with Gasteiger partial charge >= 0.3 is 12.3 Å². The van der Waals surface area contributed by atoms with Gasteiger partial charge in [0.25, 0.3) is 0 Å². The van der Waals surface area contributed by atoms with Gasteiger partial charge in [-0.2, -0.15) is 0 Å². The summed E-state index contributed by atoms with van der Waals surface area (Å²) in [6.07, 6.45) is -5.54. The van der Waals surface area contributed by atoms with Crippen molar-refractivity contribution in [1.29, 1.82) is 0 Å². The molecule has 1 aromatic heterocycles. The van der Waals surface area contributed by atoms with Crippen LogP contribution in [-0.2, 0) is 9.53 Å². The lowest BCUT2D eigenvalue weighted by atomic mass is 10.1. The predicted octanol–water partition coefficient (Wildman–Crippen LogP) is 1.97. The summed E-state index contributed by atoms with van der Waals surface area (Å²) in [6.45, 7) is 1.79. The van der Waals surface area contributed by atoms with Gasteiger partial charge in [0.05, 0.1) is 24.9 Å². The summed E-state index contributed by atoms with van der Waals surface area (Å²) in [6, 6.07) is 2.15. The lowest BCUT2D eigenvalue weighted by molar-refractivity contribution is -0.274. The van der Waals surface area contributed by atoms with Gasteiger partial charge in [0, 0.05) is 0 Å². The molecule has 0 aromatic carbocycles. The van der Waals surface area contributed by atoms with Crippen LogP contribution in [-0.4, -0.2) is 29.0 Å². The Morgan fingerprint density at radius 2 is 2.16 bits per heavy atom. The van der Waals surface area contributed by atoms with Crippen LogP contribution in [0.2, 0.25) is 0 Å². The molecule has 1 rings (SSSR count). The zero-order valence-corrected chi connectivity index (χ0v) is 9.98. The second-order valence-electron chi connectivity index (χ2n) is 3.49. The van der Waals surface area contributed by atoms with Crippen molar-refractivity contribution in [2.75, 3.05) is 6.61 Å². The van der Waals surface area contributed by atoms with E-state index in [-0.39, 0.29) is 18.7 Å². The second kappa shape index (κ2) is 6.37. The van der Waals surface area contributed by atoms with Crippen molar-refractivity contribution in [3.8, 4) is 5.75 Å². The molecule has 0 aliphatic heterocycles. The van der Waals surface area contributed by atoms with Gasteiger partial charge in [0.2, 0.25) is 0 Å². The van der Waals surface area contributed by atoms with Crippen molar-refractivity contribution in [3.05, 3.63) is 24.0 Å². The third-order valence-corrected chi connectivity index (χ3v) is 2.00. The molecule has 19 heavy (non-hydrogen) atoms. The van der Waals surface area contributed by atoms with E-state index in [9.17, 15) is 23.1 Å². The molecule has 1 heterocycles. The molecule has 1 aromatic rings. The summed E-state index contributed by atoms with van der Waals surface area (Å²) in [5.74, 6) is -1.12. The van der Waals surface area contributed by atoms with Crippen LogP contribution >= 0.6 is 0 Å². The van der Waals surface area contributed by atoms with E-state index in [0.717, 1.165) is 18.3 Å². The summed E-state index contributed by atoms with van der Waals surface area (Å²) in [4.78, 5) is 14.7. The van der Waals surface area contributed by atoms with Crippen molar-refractivity contribution in [2.45, 2.75) is 25.8 Å². The molecule has 1 atom stereocenters. The van der Waals surface area contributed by atoms with Gasteiger partial charge in [-0.3, -0.25) is 9.78 Å². The Bertz CT molecular complexity index is 419. The van der Waals surface area contributed by atoms with E-state index >= 15 is 0 Å². The fourth-order valence-electron chi connectivity index (χ4n) is 1.27. The van der Waals surface area contributed by atoms with Crippen LogP contribution in [0.5, 0.6) is 5.75 Å². The highest BCUT2D eigenvalue weighted by Gasteiger charge is 2.31. The minimum atomic E-state index is -4.80. The molecule has 1 N–H and O–H groups in total. The molecule has 0 aliphatic rings. The summed E-state index contributed by atoms with van der Waals surface area (Å²) in [5, 5.41) is 9.61. The predicted molar refractivity (Wildman–Crippen MR) is 57.1 cm³/mol. The van der Waals surface area contributed by atoms with Crippen molar-refractivity contribution < 1.29 is 32.5 Å². The van der Waals surface area contributed by atoms with E-state index in [4.69, 9.17) is 0 Å². The Morgan fingerprint density at radius 1 is 1.47 bits per heavy atom. The highest BCUT2D eigenvalue weighted by Crippen LogP contribution is 2.23. The smallest absolute Gasteiger partial charge is 0.466 e. The third-order valence-electron chi connectivity index (χ3n) is 2.00. The average molecular weight is 279 g/mol. The first-order valence-electron chi connectivity index (χ1n) is 5.37. The molecule has 106 valence electrons. The molecule has 0 bridgehead atoms. The van der Waals surface area contributed by atoms with Crippen molar-refractivity contribution in [3.63, 3.8) is 0 Å². The second-order valence-corrected chi connectivity index (χ2v) is 3.49. The van der Waals surface area contributed by atoms with Gasteiger partial charge in [-0.25, -0.2) is 0 Å². The lowest BCUT2D eigenvalue weighted by Crippen LogP contribution is -2.17. The van der Waals surface area contributed by atoms with Crippen LogP contribution in [0, 0.1) is 0 Å². The van der Waals surface area contributed by atoms with E-state index in [0.29, 0.717) is 0 Å². The SMILES string of the molecule is CCOC(=O)CC(O)c1ccc(OC(F)(F)F)cn1.